The molecule has 2 saturated heterocycles. The molecule has 0 spiro atoms. The first-order valence-corrected chi connectivity index (χ1v) is 8.08. The van der Waals surface area contributed by atoms with Crippen molar-refractivity contribution in [1.29, 1.82) is 0 Å². The molecule has 18 heavy (non-hydrogen) atoms. The minimum Gasteiger partial charge on any atom is -0.326 e. The van der Waals surface area contributed by atoms with Crippen LogP contribution in [-0.4, -0.2) is 54.1 Å². The van der Waals surface area contributed by atoms with E-state index >= 15 is 0 Å². The van der Waals surface area contributed by atoms with Gasteiger partial charge in [0.05, 0.1) is 0 Å². The average Bonchev–Trinajstić information content (AvgIpc) is 2.81. The Morgan fingerprint density at radius 2 is 1.50 bits per heavy atom. The highest BCUT2D eigenvalue weighted by Gasteiger charge is 2.35. The fourth-order valence-corrected chi connectivity index (χ4v) is 4.26. The molecule has 1 aliphatic carbocycles. The highest BCUT2D eigenvalue weighted by Crippen LogP contribution is 2.27. The predicted molar refractivity (Wildman–Crippen MR) is 75.6 cm³/mol. The van der Waals surface area contributed by atoms with Crippen LogP contribution < -0.4 is 5.73 Å². The second-order valence-corrected chi connectivity index (χ2v) is 6.55. The molecule has 1 saturated carbocycles. The lowest BCUT2D eigenvalue weighted by Crippen LogP contribution is -2.57. The molecule has 3 heteroatoms. The fraction of sp³-hybridized carbons (Fsp3) is 1.00. The average molecular weight is 251 g/mol. The van der Waals surface area contributed by atoms with Gasteiger partial charge in [-0.2, -0.15) is 0 Å². The van der Waals surface area contributed by atoms with Crippen LogP contribution in [0, 0.1) is 0 Å². The summed E-state index contributed by atoms with van der Waals surface area (Å²) in [4.78, 5) is 5.44. The van der Waals surface area contributed by atoms with Crippen molar-refractivity contribution in [2.75, 3.05) is 26.2 Å². The number of nitrogens with two attached hydrogens (primary N) is 1. The number of rotatable bonds is 1. The lowest BCUT2D eigenvalue weighted by molar-refractivity contribution is 0.0541. The first-order chi connectivity index (χ1) is 8.84. The zero-order valence-electron chi connectivity index (χ0n) is 11.7. The van der Waals surface area contributed by atoms with Crippen LogP contribution in [0.2, 0.25) is 0 Å². The van der Waals surface area contributed by atoms with Crippen molar-refractivity contribution in [2.24, 2.45) is 5.73 Å². The summed E-state index contributed by atoms with van der Waals surface area (Å²) in [7, 11) is 0. The van der Waals surface area contributed by atoms with Gasteiger partial charge in [0, 0.05) is 37.8 Å². The zero-order chi connectivity index (χ0) is 12.4. The van der Waals surface area contributed by atoms with E-state index in [1.165, 1.54) is 77.5 Å². The van der Waals surface area contributed by atoms with Gasteiger partial charge in [0.15, 0.2) is 0 Å². The molecule has 3 unspecified atom stereocenters. The summed E-state index contributed by atoms with van der Waals surface area (Å²) in [5, 5.41) is 0. The standard InChI is InChI=1S/C15H29N3/c16-14-7-3-1-2-4-8-15(14)18-11-10-17-9-5-6-13(17)12-18/h13-15H,1-12,16H2. The molecule has 0 aromatic rings. The summed E-state index contributed by atoms with van der Waals surface area (Å²) >= 11 is 0. The van der Waals surface area contributed by atoms with E-state index < -0.39 is 0 Å². The van der Waals surface area contributed by atoms with Gasteiger partial charge < -0.3 is 5.73 Å². The Morgan fingerprint density at radius 3 is 2.39 bits per heavy atom. The lowest BCUT2D eigenvalue weighted by Gasteiger charge is -2.44. The largest absolute Gasteiger partial charge is 0.326 e. The SMILES string of the molecule is NC1CCCCCCC1N1CCN2CCCC2C1. The van der Waals surface area contributed by atoms with E-state index in [2.05, 4.69) is 9.80 Å². The molecular weight excluding hydrogens is 222 g/mol. The molecule has 3 rings (SSSR count). The molecule has 2 N–H and O–H groups in total. The highest BCUT2D eigenvalue weighted by atomic mass is 15.3. The van der Waals surface area contributed by atoms with Crippen LogP contribution in [0.3, 0.4) is 0 Å². The van der Waals surface area contributed by atoms with Crippen LogP contribution in [0.4, 0.5) is 0 Å². The van der Waals surface area contributed by atoms with Crippen molar-refractivity contribution < 1.29 is 0 Å². The Hall–Kier alpha value is -0.120. The summed E-state index contributed by atoms with van der Waals surface area (Å²) in [6.07, 6.45) is 11.0. The van der Waals surface area contributed by atoms with E-state index in [1.807, 2.05) is 0 Å². The van der Waals surface area contributed by atoms with Crippen molar-refractivity contribution in [1.82, 2.24) is 9.80 Å². The Morgan fingerprint density at radius 1 is 0.722 bits per heavy atom. The van der Waals surface area contributed by atoms with Gasteiger partial charge >= 0.3 is 0 Å². The van der Waals surface area contributed by atoms with Crippen molar-refractivity contribution in [3.05, 3.63) is 0 Å². The van der Waals surface area contributed by atoms with Crippen LogP contribution in [0.25, 0.3) is 0 Å². The minimum atomic E-state index is 0.429. The molecule has 0 aromatic heterocycles. The Kier molecular flexibility index (Phi) is 4.22. The molecule has 2 heterocycles. The van der Waals surface area contributed by atoms with Gasteiger partial charge in [0.25, 0.3) is 0 Å². The monoisotopic (exact) mass is 251 g/mol. The Bertz CT molecular complexity index is 268. The molecule has 3 fully saturated rings. The maximum atomic E-state index is 6.46. The maximum Gasteiger partial charge on any atom is 0.0248 e. The van der Waals surface area contributed by atoms with Gasteiger partial charge in [-0.25, -0.2) is 0 Å². The normalized spacial score (nSPS) is 40.2. The molecule has 0 bridgehead atoms. The van der Waals surface area contributed by atoms with Gasteiger partial charge in [-0.1, -0.05) is 25.7 Å². The Balaban J connectivity index is 1.61. The van der Waals surface area contributed by atoms with Crippen LogP contribution in [-0.2, 0) is 0 Å². The predicted octanol–water partition coefficient (Wildman–Crippen LogP) is 1.82. The molecule has 0 amide bonds. The maximum absolute atomic E-state index is 6.46. The summed E-state index contributed by atoms with van der Waals surface area (Å²) in [6.45, 7) is 5.18. The molecular formula is C15H29N3. The molecule has 3 nitrogen and oxygen atoms in total. The molecule has 3 atom stereocenters. The molecule has 3 aliphatic rings. The Labute approximate surface area is 112 Å². The van der Waals surface area contributed by atoms with Gasteiger partial charge in [0.2, 0.25) is 0 Å². The van der Waals surface area contributed by atoms with Crippen molar-refractivity contribution in [2.45, 2.75) is 69.5 Å². The second-order valence-electron chi connectivity index (χ2n) is 6.55. The lowest BCUT2D eigenvalue weighted by atomic mass is 9.91. The van der Waals surface area contributed by atoms with Gasteiger partial charge in [-0.05, 0) is 32.2 Å². The summed E-state index contributed by atoms with van der Waals surface area (Å²) in [6, 6.07) is 1.95. The molecule has 2 aliphatic heterocycles. The number of fused-ring (bicyclic) bond motifs is 1. The number of piperazine rings is 1. The quantitative estimate of drug-likeness (QED) is 0.771. The fourth-order valence-electron chi connectivity index (χ4n) is 4.26. The van der Waals surface area contributed by atoms with Crippen LogP contribution in [0.15, 0.2) is 0 Å². The van der Waals surface area contributed by atoms with Gasteiger partial charge in [-0.15, -0.1) is 0 Å². The summed E-state index contributed by atoms with van der Waals surface area (Å²) < 4.78 is 0. The second kappa shape index (κ2) is 5.89. The van der Waals surface area contributed by atoms with E-state index in [-0.39, 0.29) is 0 Å². The van der Waals surface area contributed by atoms with Crippen molar-refractivity contribution in [3.63, 3.8) is 0 Å². The first-order valence-electron chi connectivity index (χ1n) is 8.08. The van der Waals surface area contributed by atoms with Crippen LogP contribution in [0.1, 0.15) is 51.4 Å². The van der Waals surface area contributed by atoms with E-state index in [0.717, 1.165) is 6.04 Å². The smallest absolute Gasteiger partial charge is 0.0248 e. The highest BCUT2D eigenvalue weighted by molar-refractivity contribution is 4.92. The number of hydrogen-bond acceptors (Lipinski definition) is 3. The topological polar surface area (TPSA) is 32.5 Å². The van der Waals surface area contributed by atoms with Crippen molar-refractivity contribution in [3.8, 4) is 0 Å². The van der Waals surface area contributed by atoms with Crippen LogP contribution >= 0.6 is 0 Å². The van der Waals surface area contributed by atoms with Crippen LogP contribution in [0.5, 0.6) is 0 Å². The molecule has 0 radical (unpaired) electrons. The number of hydrogen-bond donors (Lipinski definition) is 1. The van der Waals surface area contributed by atoms with E-state index in [1.54, 1.807) is 0 Å². The van der Waals surface area contributed by atoms with E-state index in [0.29, 0.717) is 12.1 Å². The minimum absolute atomic E-state index is 0.429. The third-order valence-electron chi connectivity index (χ3n) is 5.37. The van der Waals surface area contributed by atoms with Gasteiger partial charge in [0.1, 0.15) is 0 Å². The first kappa shape index (κ1) is 12.9. The van der Waals surface area contributed by atoms with E-state index in [4.69, 9.17) is 5.73 Å². The summed E-state index contributed by atoms with van der Waals surface area (Å²) in [5.74, 6) is 0. The third kappa shape index (κ3) is 2.73. The zero-order valence-corrected chi connectivity index (χ0v) is 11.7. The summed E-state index contributed by atoms with van der Waals surface area (Å²) in [5.41, 5.74) is 6.46. The van der Waals surface area contributed by atoms with Gasteiger partial charge in [-0.3, -0.25) is 9.80 Å². The molecule has 104 valence electrons. The number of nitrogens with zero attached hydrogens (tertiary/aromatic N) is 2. The molecule has 0 aromatic carbocycles. The van der Waals surface area contributed by atoms with E-state index in [9.17, 15) is 0 Å². The van der Waals surface area contributed by atoms with Crippen molar-refractivity contribution >= 4 is 0 Å². The third-order valence-corrected chi connectivity index (χ3v) is 5.37.